The molecule has 0 unspecified atom stereocenters. The summed E-state index contributed by atoms with van der Waals surface area (Å²) in [5, 5.41) is 2.29. The SMILES string of the molecule is Fc1ccc2[nH]c(=S)n(-c3ccc4ccccc4c3)c2c1. The van der Waals surface area contributed by atoms with Gasteiger partial charge in [0.2, 0.25) is 0 Å². The third-order valence-corrected chi connectivity index (χ3v) is 3.92. The Hall–Kier alpha value is -2.46. The molecular formula is C17H11FN2S. The summed E-state index contributed by atoms with van der Waals surface area (Å²) < 4.78 is 16.0. The predicted octanol–water partition coefficient (Wildman–Crippen LogP) is 4.98. The topological polar surface area (TPSA) is 20.7 Å². The van der Waals surface area contributed by atoms with Gasteiger partial charge in [0, 0.05) is 11.8 Å². The van der Waals surface area contributed by atoms with E-state index in [2.05, 4.69) is 23.2 Å². The van der Waals surface area contributed by atoms with Crippen LogP contribution in [0.2, 0.25) is 0 Å². The number of nitrogens with one attached hydrogen (secondary N) is 1. The van der Waals surface area contributed by atoms with Crippen molar-refractivity contribution in [1.29, 1.82) is 0 Å². The van der Waals surface area contributed by atoms with Gasteiger partial charge in [-0.3, -0.25) is 4.57 Å². The predicted molar refractivity (Wildman–Crippen MR) is 85.9 cm³/mol. The highest BCUT2D eigenvalue weighted by molar-refractivity contribution is 7.71. The number of aromatic amines is 1. The molecule has 4 aromatic rings. The van der Waals surface area contributed by atoms with Gasteiger partial charge in [0.25, 0.3) is 0 Å². The minimum atomic E-state index is -0.272. The van der Waals surface area contributed by atoms with Crippen LogP contribution in [0.1, 0.15) is 0 Å². The molecule has 1 N–H and O–H groups in total. The summed E-state index contributed by atoms with van der Waals surface area (Å²) in [6.45, 7) is 0. The number of benzene rings is 3. The van der Waals surface area contributed by atoms with Gasteiger partial charge in [-0.05, 0) is 47.3 Å². The smallest absolute Gasteiger partial charge is 0.182 e. The Bertz CT molecular complexity index is 1030. The van der Waals surface area contributed by atoms with Crippen LogP contribution < -0.4 is 0 Å². The molecule has 102 valence electrons. The number of halogens is 1. The van der Waals surface area contributed by atoms with Gasteiger partial charge in [-0.1, -0.05) is 30.3 Å². The van der Waals surface area contributed by atoms with Crippen LogP contribution >= 0.6 is 12.2 Å². The second-order valence-electron chi connectivity index (χ2n) is 4.96. The second kappa shape index (κ2) is 4.53. The molecule has 0 aliphatic rings. The lowest BCUT2D eigenvalue weighted by Gasteiger charge is -2.06. The molecule has 0 bridgehead atoms. The van der Waals surface area contributed by atoms with Crippen molar-refractivity contribution in [2.24, 2.45) is 0 Å². The summed E-state index contributed by atoms with van der Waals surface area (Å²) in [4.78, 5) is 3.11. The van der Waals surface area contributed by atoms with E-state index in [1.165, 1.54) is 17.5 Å². The van der Waals surface area contributed by atoms with Crippen molar-refractivity contribution in [3.05, 3.63) is 71.3 Å². The molecule has 0 aliphatic carbocycles. The number of aromatic nitrogens is 2. The minimum Gasteiger partial charge on any atom is -0.330 e. The molecule has 21 heavy (non-hydrogen) atoms. The highest BCUT2D eigenvalue weighted by Crippen LogP contribution is 2.23. The fourth-order valence-electron chi connectivity index (χ4n) is 2.65. The lowest BCUT2D eigenvalue weighted by atomic mass is 10.1. The van der Waals surface area contributed by atoms with Crippen LogP contribution in [0.4, 0.5) is 4.39 Å². The molecule has 0 spiro atoms. The number of H-pyrrole nitrogens is 1. The first-order valence-corrected chi connectivity index (χ1v) is 7.03. The Labute approximate surface area is 125 Å². The Morgan fingerprint density at radius 2 is 1.71 bits per heavy atom. The highest BCUT2D eigenvalue weighted by atomic mass is 32.1. The number of imidazole rings is 1. The number of hydrogen-bond acceptors (Lipinski definition) is 1. The van der Waals surface area contributed by atoms with Gasteiger partial charge in [-0.15, -0.1) is 0 Å². The maximum absolute atomic E-state index is 13.5. The Kier molecular flexibility index (Phi) is 2.65. The first-order valence-electron chi connectivity index (χ1n) is 6.62. The Morgan fingerprint density at radius 3 is 2.57 bits per heavy atom. The van der Waals surface area contributed by atoms with Gasteiger partial charge in [-0.2, -0.15) is 0 Å². The maximum atomic E-state index is 13.5. The van der Waals surface area contributed by atoms with Gasteiger partial charge in [0.05, 0.1) is 11.0 Å². The summed E-state index contributed by atoms with van der Waals surface area (Å²) in [6, 6.07) is 18.9. The van der Waals surface area contributed by atoms with Gasteiger partial charge in [0.1, 0.15) is 5.82 Å². The fraction of sp³-hybridized carbons (Fsp3) is 0. The molecular weight excluding hydrogens is 283 g/mol. The average Bonchev–Trinajstić information content (AvgIpc) is 2.82. The maximum Gasteiger partial charge on any atom is 0.182 e. The van der Waals surface area contributed by atoms with E-state index in [1.807, 2.05) is 28.8 Å². The molecule has 0 amide bonds. The number of hydrogen-bond donors (Lipinski definition) is 1. The third-order valence-electron chi connectivity index (χ3n) is 3.64. The lowest BCUT2D eigenvalue weighted by molar-refractivity contribution is 0.629. The zero-order valence-corrected chi connectivity index (χ0v) is 11.8. The molecule has 0 fully saturated rings. The van der Waals surface area contributed by atoms with Crippen molar-refractivity contribution >= 4 is 34.0 Å². The van der Waals surface area contributed by atoms with Crippen LogP contribution in [0, 0.1) is 10.6 Å². The summed E-state index contributed by atoms with van der Waals surface area (Å²) in [7, 11) is 0. The number of fused-ring (bicyclic) bond motifs is 2. The van der Waals surface area contributed by atoms with Crippen LogP contribution in [0.5, 0.6) is 0 Å². The second-order valence-corrected chi connectivity index (χ2v) is 5.35. The van der Waals surface area contributed by atoms with Crippen LogP contribution in [0.15, 0.2) is 60.7 Å². The average molecular weight is 294 g/mol. The highest BCUT2D eigenvalue weighted by Gasteiger charge is 2.08. The summed E-state index contributed by atoms with van der Waals surface area (Å²) in [5.41, 5.74) is 2.50. The van der Waals surface area contributed by atoms with Crippen LogP contribution in [0.25, 0.3) is 27.5 Å². The molecule has 1 aromatic heterocycles. The molecule has 0 saturated heterocycles. The molecule has 0 radical (unpaired) electrons. The van der Waals surface area contributed by atoms with Crippen LogP contribution in [-0.2, 0) is 0 Å². The van der Waals surface area contributed by atoms with E-state index < -0.39 is 0 Å². The van der Waals surface area contributed by atoms with Gasteiger partial charge in [-0.25, -0.2) is 4.39 Å². The zero-order valence-electron chi connectivity index (χ0n) is 11.0. The summed E-state index contributed by atoms with van der Waals surface area (Å²) in [6.07, 6.45) is 0. The molecule has 3 aromatic carbocycles. The van der Waals surface area contributed by atoms with Gasteiger partial charge in [0.15, 0.2) is 4.77 Å². The Morgan fingerprint density at radius 1 is 0.905 bits per heavy atom. The van der Waals surface area contributed by atoms with Crippen molar-refractivity contribution < 1.29 is 4.39 Å². The van der Waals surface area contributed by atoms with E-state index >= 15 is 0 Å². The molecule has 0 saturated carbocycles. The van der Waals surface area contributed by atoms with Crippen molar-refractivity contribution in [3.63, 3.8) is 0 Å². The Balaban J connectivity index is 2.05. The quantitative estimate of drug-likeness (QED) is 0.491. The molecule has 0 aliphatic heterocycles. The van der Waals surface area contributed by atoms with Crippen LogP contribution in [0.3, 0.4) is 0 Å². The first kappa shape index (κ1) is 12.3. The largest absolute Gasteiger partial charge is 0.330 e. The van der Waals surface area contributed by atoms with Crippen molar-refractivity contribution in [3.8, 4) is 5.69 Å². The summed E-state index contributed by atoms with van der Waals surface area (Å²) in [5.74, 6) is -0.272. The normalized spacial score (nSPS) is 11.3. The summed E-state index contributed by atoms with van der Waals surface area (Å²) >= 11 is 5.39. The van der Waals surface area contributed by atoms with Crippen molar-refractivity contribution in [2.45, 2.75) is 0 Å². The standard InChI is InChI=1S/C17H11FN2S/c18-13-6-8-15-16(10-13)20(17(21)19-15)14-7-5-11-3-1-2-4-12(11)9-14/h1-10H,(H,19,21). The molecule has 0 atom stereocenters. The molecule has 2 nitrogen and oxygen atoms in total. The van der Waals surface area contributed by atoms with E-state index in [-0.39, 0.29) is 5.82 Å². The third kappa shape index (κ3) is 1.96. The van der Waals surface area contributed by atoms with E-state index in [0.717, 1.165) is 22.1 Å². The minimum absolute atomic E-state index is 0.272. The van der Waals surface area contributed by atoms with Crippen LogP contribution in [-0.4, -0.2) is 9.55 Å². The lowest BCUT2D eigenvalue weighted by Crippen LogP contribution is -1.94. The van der Waals surface area contributed by atoms with E-state index in [1.54, 1.807) is 6.07 Å². The first-order chi connectivity index (χ1) is 10.2. The monoisotopic (exact) mass is 294 g/mol. The number of nitrogens with zero attached hydrogens (tertiary/aromatic N) is 1. The van der Waals surface area contributed by atoms with Crippen molar-refractivity contribution in [1.82, 2.24) is 9.55 Å². The zero-order chi connectivity index (χ0) is 14.4. The van der Waals surface area contributed by atoms with Gasteiger partial charge >= 0.3 is 0 Å². The molecule has 4 rings (SSSR count). The van der Waals surface area contributed by atoms with E-state index in [9.17, 15) is 4.39 Å². The fourth-order valence-corrected chi connectivity index (χ4v) is 2.96. The van der Waals surface area contributed by atoms with E-state index in [0.29, 0.717) is 4.77 Å². The van der Waals surface area contributed by atoms with E-state index in [4.69, 9.17) is 12.2 Å². The van der Waals surface area contributed by atoms with Gasteiger partial charge < -0.3 is 4.98 Å². The van der Waals surface area contributed by atoms with Crippen molar-refractivity contribution in [2.75, 3.05) is 0 Å². The number of rotatable bonds is 1. The molecule has 4 heteroatoms. The molecule has 1 heterocycles.